The zero-order valence-electron chi connectivity index (χ0n) is 30.9. The summed E-state index contributed by atoms with van der Waals surface area (Å²) >= 11 is 6.51. The summed E-state index contributed by atoms with van der Waals surface area (Å²) in [6.07, 6.45) is 16.1. The summed E-state index contributed by atoms with van der Waals surface area (Å²) in [6, 6.07) is 12.0. The van der Waals surface area contributed by atoms with Crippen LogP contribution in [0.1, 0.15) is 82.4 Å². The average molecular weight is 822 g/mol. The van der Waals surface area contributed by atoms with E-state index in [-0.39, 0.29) is 23.0 Å². The fraction of sp³-hybridized carbons (Fsp3) is 0.333. The van der Waals surface area contributed by atoms with Crippen LogP contribution in [0.5, 0.6) is 0 Å². The highest BCUT2D eigenvalue weighted by Gasteiger charge is 2.52. The molecule has 0 bridgehead atoms. The number of fused-ring (bicyclic) bond motifs is 2. The van der Waals surface area contributed by atoms with Gasteiger partial charge in [0.15, 0.2) is 0 Å². The van der Waals surface area contributed by atoms with E-state index in [9.17, 15) is 9.59 Å². The van der Waals surface area contributed by atoms with Crippen molar-refractivity contribution < 1.29 is 18.9 Å². The Bertz CT molecular complexity index is 2210. The van der Waals surface area contributed by atoms with E-state index in [1.807, 2.05) is 57.2 Å². The van der Waals surface area contributed by atoms with Gasteiger partial charge in [0.25, 0.3) is 11.8 Å². The van der Waals surface area contributed by atoms with Crippen LogP contribution in [0.2, 0.25) is 0 Å². The number of rotatable bonds is 5. The maximum atomic E-state index is 12.6. The van der Waals surface area contributed by atoms with Crippen LogP contribution in [-0.4, -0.2) is 76.1 Å². The Morgan fingerprint density at radius 2 is 1.24 bits per heavy atom. The number of carbonyl (C=O) groups is 2. The molecule has 7 heterocycles. The smallest absolute Gasteiger partial charge is 0.399 e. The maximum absolute atomic E-state index is 12.6. The molecule has 3 aliphatic heterocycles. The molecule has 2 aliphatic carbocycles. The van der Waals surface area contributed by atoms with Crippen LogP contribution in [-0.2, 0) is 22.2 Å². The number of halogens is 1. The molecule has 0 radical (unpaired) electrons. The molecule has 276 valence electrons. The fourth-order valence-electron chi connectivity index (χ4n) is 7.41. The third-order valence-electron chi connectivity index (χ3n) is 11.2. The van der Waals surface area contributed by atoms with Gasteiger partial charge in [-0.05, 0) is 108 Å². The molecule has 4 aromatic rings. The van der Waals surface area contributed by atoms with Crippen molar-refractivity contribution in [1.29, 1.82) is 0 Å². The summed E-state index contributed by atoms with van der Waals surface area (Å²) in [5.41, 5.74) is 9.98. The standard InChI is InChI=1S/C24H27BN2O3S.C18H15BrN2OS/c1-23(2)24(3,4)30-25(29-23)17-14-19-18(7-8-20(19)26-15-17)16-9-11-27(12-10-16)22(28)21-6-5-13-31-21;19-13-10-15-14(3-4-16(15)20-11-13)12-5-7-21(8-6-12)18(22)17-2-1-9-23-17/h5-7,9,13-15H,8,10-12H2,1-4H3;1-3,5,9-11H,4,6-8H2. The lowest BCUT2D eigenvalue weighted by Gasteiger charge is -2.32. The lowest BCUT2D eigenvalue weighted by Crippen LogP contribution is -2.41. The molecule has 12 heteroatoms. The number of nitrogens with zero attached hydrogens (tertiary/aromatic N) is 4. The number of allylic oxidation sites excluding steroid dienone is 4. The number of pyridine rings is 2. The van der Waals surface area contributed by atoms with Crippen LogP contribution >= 0.6 is 38.6 Å². The van der Waals surface area contributed by atoms with E-state index in [2.05, 4.69) is 85.0 Å². The zero-order valence-corrected chi connectivity index (χ0v) is 34.2. The van der Waals surface area contributed by atoms with E-state index in [0.717, 1.165) is 75.4 Å². The van der Waals surface area contributed by atoms with E-state index >= 15 is 0 Å². The molecule has 0 unspecified atom stereocenters. The van der Waals surface area contributed by atoms with Crippen LogP contribution in [0.3, 0.4) is 0 Å². The Hall–Kier alpha value is -3.94. The largest absolute Gasteiger partial charge is 0.496 e. The summed E-state index contributed by atoms with van der Waals surface area (Å²) in [5.74, 6) is 0.260. The van der Waals surface area contributed by atoms with E-state index in [4.69, 9.17) is 14.3 Å². The number of hydrogen-bond donors (Lipinski definition) is 0. The predicted octanol–water partition coefficient (Wildman–Crippen LogP) is 8.17. The molecule has 1 fully saturated rings. The first-order valence-electron chi connectivity index (χ1n) is 18.4. The second kappa shape index (κ2) is 15.0. The number of aromatic nitrogens is 2. The Balaban J connectivity index is 0.000000160. The van der Waals surface area contributed by atoms with Crippen molar-refractivity contribution in [3.05, 3.63) is 132 Å². The summed E-state index contributed by atoms with van der Waals surface area (Å²) in [6.45, 7) is 11.1. The van der Waals surface area contributed by atoms with Crippen molar-refractivity contribution in [1.82, 2.24) is 19.8 Å². The van der Waals surface area contributed by atoms with Gasteiger partial charge in [0, 0.05) is 72.5 Å². The minimum Gasteiger partial charge on any atom is -0.399 e. The predicted molar refractivity (Wildman–Crippen MR) is 221 cm³/mol. The van der Waals surface area contributed by atoms with Gasteiger partial charge >= 0.3 is 7.12 Å². The molecule has 5 aliphatic rings. The SMILES string of the molecule is CC1(C)OB(c2cnc3c(c2)C(C2=CCN(C(=O)c4cccs4)CC2)=CC3)OC1(C)C.O=C(c1cccs1)N1CC=C(C2=CCc3ncc(Br)cc32)CC1. The second-order valence-electron chi connectivity index (χ2n) is 15.1. The molecule has 0 aromatic carbocycles. The second-order valence-corrected chi connectivity index (χ2v) is 17.9. The Morgan fingerprint density at radius 3 is 1.70 bits per heavy atom. The first-order chi connectivity index (χ1) is 26.0. The molecule has 0 saturated carbocycles. The van der Waals surface area contributed by atoms with Crippen molar-refractivity contribution in [3.8, 4) is 0 Å². The molecule has 9 rings (SSSR count). The van der Waals surface area contributed by atoms with Gasteiger partial charge in [-0.15, -0.1) is 22.7 Å². The van der Waals surface area contributed by atoms with Crippen molar-refractivity contribution in [2.24, 2.45) is 0 Å². The third-order valence-corrected chi connectivity index (χ3v) is 13.3. The first-order valence-corrected chi connectivity index (χ1v) is 21.0. The summed E-state index contributed by atoms with van der Waals surface area (Å²) in [5, 5.41) is 3.90. The summed E-state index contributed by atoms with van der Waals surface area (Å²) in [4.78, 5) is 39.7. The van der Waals surface area contributed by atoms with Gasteiger partial charge in [-0.25, -0.2) is 0 Å². The van der Waals surface area contributed by atoms with Crippen molar-refractivity contribution in [3.63, 3.8) is 0 Å². The highest BCUT2D eigenvalue weighted by molar-refractivity contribution is 9.10. The topological polar surface area (TPSA) is 84.9 Å². The van der Waals surface area contributed by atoms with Crippen LogP contribution in [0, 0.1) is 0 Å². The highest BCUT2D eigenvalue weighted by Crippen LogP contribution is 2.39. The van der Waals surface area contributed by atoms with Gasteiger partial charge in [0.2, 0.25) is 0 Å². The van der Waals surface area contributed by atoms with Crippen molar-refractivity contribution in [2.45, 2.75) is 64.6 Å². The van der Waals surface area contributed by atoms with E-state index in [0.29, 0.717) is 13.1 Å². The molecule has 0 N–H and O–H groups in total. The Morgan fingerprint density at radius 1 is 0.741 bits per heavy atom. The van der Waals surface area contributed by atoms with E-state index in [1.165, 1.54) is 50.5 Å². The summed E-state index contributed by atoms with van der Waals surface area (Å²) in [7, 11) is -0.413. The summed E-state index contributed by atoms with van der Waals surface area (Å²) < 4.78 is 13.5. The van der Waals surface area contributed by atoms with Crippen LogP contribution in [0.15, 0.2) is 99.5 Å². The third kappa shape index (κ3) is 7.26. The van der Waals surface area contributed by atoms with Gasteiger partial charge in [0.05, 0.1) is 32.3 Å². The first kappa shape index (κ1) is 37.0. The Labute approximate surface area is 333 Å². The number of amides is 2. The molecule has 0 spiro atoms. The van der Waals surface area contributed by atoms with Gasteiger partial charge in [-0.1, -0.05) is 42.5 Å². The molecule has 0 atom stereocenters. The minimum absolute atomic E-state index is 0.121. The molecular weight excluding hydrogens is 779 g/mol. The van der Waals surface area contributed by atoms with Gasteiger partial charge in [0.1, 0.15) is 0 Å². The Kier molecular flexibility index (Phi) is 10.2. The normalized spacial score (nSPS) is 19.6. The number of carbonyl (C=O) groups excluding carboxylic acids is 2. The highest BCUT2D eigenvalue weighted by atomic mass is 79.9. The number of thiophene rings is 2. The molecule has 54 heavy (non-hydrogen) atoms. The van der Waals surface area contributed by atoms with Crippen LogP contribution in [0.4, 0.5) is 0 Å². The number of hydrogen-bond acceptors (Lipinski definition) is 8. The average Bonchev–Trinajstić information content (AvgIpc) is 4.03. The lowest BCUT2D eigenvalue weighted by atomic mass is 9.78. The van der Waals surface area contributed by atoms with E-state index in [1.54, 1.807) is 0 Å². The molecule has 2 amide bonds. The van der Waals surface area contributed by atoms with Crippen molar-refractivity contribution >= 4 is 74.1 Å². The molecular formula is C42H42BBrN4O4S2. The molecule has 8 nitrogen and oxygen atoms in total. The lowest BCUT2D eigenvalue weighted by molar-refractivity contribution is 0.00578. The van der Waals surface area contributed by atoms with E-state index < -0.39 is 7.12 Å². The minimum atomic E-state index is -0.413. The van der Waals surface area contributed by atoms with Gasteiger partial charge in [-0.3, -0.25) is 19.6 Å². The monoisotopic (exact) mass is 820 g/mol. The van der Waals surface area contributed by atoms with Gasteiger partial charge in [-0.2, -0.15) is 0 Å². The van der Waals surface area contributed by atoms with Crippen LogP contribution < -0.4 is 5.46 Å². The van der Waals surface area contributed by atoms with Crippen molar-refractivity contribution in [2.75, 3.05) is 26.2 Å². The quantitative estimate of drug-likeness (QED) is 0.189. The maximum Gasteiger partial charge on any atom is 0.496 e. The van der Waals surface area contributed by atoms with Crippen LogP contribution in [0.25, 0.3) is 11.1 Å². The van der Waals surface area contributed by atoms with Gasteiger partial charge < -0.3 is 19.1 Å². The molecule has 1 saturated heterocycles. The fourth-order valence-corrected chi connectivity index (χ4v) is 9.12. The zero-order chi connectivity index (χ0) is 37.6. The molecule has 4 aromatic heterocycles.